The number of fused-ring (bicyclic) bond motifs is 1. The van der Waals surface area contributed by atoms with Crippen molar-refractivity contribution in [2.24, 2.45) is 11.5 Å². The number of para-hydroxylation sites is 2. The summed E-state index contributed by atoms with van der Waals surface area (Å²) < 4.78 is 34.9. The number of primary amides is 1. The number of alkyl halides is 2. The van der Waals surface area contributed by atoms with Crippen molar-refractivity contribution in [3.8, 4) is 5.95 Å². The average molecular weight is 530 g/mol. The number of carbonyl (C=O) groups excluding carboxylic acids is 2. The van der Waals surface area contributed by atoms with E-state index in [-0.39, 0.29) is 18.3 Å². The lowest BCUT2D eigenvalue weighted by atomic mass is 10.1. The molecule has 0 bridgehead atoms. The molecule has 14 heteroatoms. The molecule has 1 atom stereocenters. The maximum Gasteiger partial charge on any atom is 0.296 e. The first kappa shape index (κ1) is 25.7. The Balaban J connectivity index is 1.48. The summed E-state index contributed by atoms with van der Waals surface area (Å²) in [4.78, 5) is 42.9. The topological polar surface area (TPSA) is 149 Å². The van der Waals surface area contributed by atoms with Gasteiger partial charge in [-0.3, -0.25) is 14.2 Å². The molecule has 2 fully saturated rings. The minimum absolute atomic E-state index is 0.0926. The number of benzene rings is 1. The van der Waals surface area contributed by atoms with Crippen molar-refractivity contribution < 1.29 is 23.1 Å². The van der Waals surface area contributed by atoms with Crippen LogP contribution < -0.4 is 21.3 Å². The van der Waals surface area contributed by atoms with Crippen LogP contribution in [0.15, 0.2) is 30.3 Å². The number of piperazine rings is 1. The lowest BCUT2D eigenvalue weighted by Crippen LogP contribution is -2.54. The molecule has 0 unspecified atom stereocenters. The predicted octanol–water partition coefficient (Wildman–Crippen LogP) is 0.441. The van der Waals surface area contributed by atoms with E-state index in [0.717, 1.165) is 0 Å². The fourth-order valence-electron chi connectivity index (χ4n) is 4.72. The summed E-state index contributed by atoms with van der Waals surface area (Å²) in [5.41, 5.74) is 11.9. The van der Waals surface area contributed by atoms with Gasteiger partial charge in [-0.15, -0.1) is 0 Å². The van der Waals surface area contributed by atoms with Crippen LogP contribution in [0.25, 0.3) is 17.0 Å². The third kappa shape index (κ3) is 5.22. The molecule has 0 spiro atoms. The first-order chi connectivity index (χ1) is 18.3. The van der Waals surface area contributed by atoms with Crippen LogP contribution in [0.3, 0.4) is 0 Å². The second kappa shape index (κ2) is 10.8. The summed E-state index contributed by atoms with van der Waals surface area (Å²) in [5, 5.41) is 0. The number of imidazole rings is 1. The standard InChI is InChI=1S/C24H29F2N9O3/c25-21(26)22-29-16-3-1-2-4-17(16)35(22)24-30-19(14-20(31-24)33-9-11-38-12-10-33)32-5-7-34(8-6-32)23(37)15(27)13-18(28)36/h1-4,14-15,21H,5-13,27H2,(H2,28,36)/t15-/m1/s1. The fraction of sp³-hybridized carbons (Fsp3) is 0.458. The van der Waals surface area contributed by atoms with Gasteiger partial charge in [0.2, 0.25) is 17.8 Å². The van der Waals surface area contributed by atoms with E-state index in [4.69, 9.17) is 16.2 Å². The summed E-state index contributed by atoms with van der Waals surface area (Å²) in [6.07, 6.45) is -3.05. The SMILES string of the molecule is NC(=O)C[C@@H](N)C(=O)N1CCN(c2cc(N3CCOCC3)nc(-n3c(C(F)F)nc4ccccc43)n2)CC1. The molecule has 4 heterocycles. The molecule has 2 aliphatic rings. The highest BCUT2D eigenvalue weighted by Crippen LogP contribution is 2.29. The van der Waals surface area contributed by atoms with Gasteiger partial charge in [-0.2, -0.15) is 9.97 Å². The number of rotatable bonds is 7. The average Bonchev–Trinajstić information content (AvgIpc) is 3.33. The molecule has 202 valence electrons. The molecule has 0 saturated carbocycles. The van der Waals surface area contributed by atoms with E-state index in [9.17, 15) is 18.4 Å². The summed E-state index contributed by atoms with van der Waals surface area (Å²) >= 11 is 0. The second-order valence-corrected chi connectivity index (χ2v) is 9.17. The quantitative estimate of drug-likeness (QED) is 0.445. The van der Waals surface area contributed by atoms with Gasteiger partial charge in [-0.1, -0.05) is 12.1 Å². The van der Waals surface area contributed by atoms with Crippen LogP contribution in [0.5, 0.6) is 0 Å². The zero-order valence-corrected chi connectivity index (χ0v) is 20.7. The van der Waals surface area contributed by atoms with E-state index in [1.165, 1.54) is 4.57 Å². The van der Waals surface area contributed by atoms with Gasteiger partial charge in [-0.05, 0) is 12.1 Å². The number of nitrogens with two attached hydrogens (primary N) is 2. The van der Waals surface area contributed by atoms with Gasteiger partial charge < -0.3 is 30.9 Å². The van der Waals surface area contributed by atoms with Crippen molar-refractivity contribution in [1.29, 1.82) is 0 Å². The second-order valence-electron chi connectivity index (χ2n) is 9.17. The van der Waals surface area contributed by atoms with E-state index >= 15 is 0 Å². The van der Waals surface area contributed by atoms with E-state index < -0.39 is 24.2 Å². The number of nitrogens with zero attached hydrogens (tertiary/aromatic N) is 7. The highest BCUT2D eigenvalue weighted by molar-refractivity contribution is 5.87. The number of hydrogen-bond donors (Lipinski definition) is 2. The van der Waals surface area contributed by atoms with Crippen molar-refractivity contribution in [2.75, 3.05) is 62.3 Å². The van der Waals surface area contributed by atoms with Gasteiger partial charge in [-0.25, -0.2) is 13.8 Å². The highest BCUT2D eigenvalue weighted by Gasteiger charge is 2.29. The van der Waals surface area contributed by atoms with Crippen LogP contribution in [-0.2, 0) is 14.3 Å². The molecule has 2 amide bonds. The lowest BCUT2D eigenvalue weighted by Gasteiger charge is -2.37. The smallest absolute Gasteiger partial charge is 0.296 e. The molecule has 38 heavy (non-hydrogen) atoms. The minimum atomic E-state index is -2.83. The molecule has 1 aromatic carbocycles. The molecule has 2 aliphatic heterocycles. The van der Waals surface area contributed by atoms with Gasteiger partial charge in [0.1, 0.15) is 11.6 Å². The monoisotopic (exact) mass is 529 g/mol. The van der Waals surface area contributed by atoms with Crippen LogP contribution in [0.1, 0.15) is 18.7 Å². The zero-order chi connectivity index (χ0) is 26.8. The third-order valence-electron chi connectivity index (χ3n) is 6.66. The number of anilines is 2. The number of amides is 2. The van der Waals surface area contributed by atoms with Crippen LogP contribution in [0, 0.1) is 0 Å². The van der Waals surface area contributed by atoms with Crippen LogP contribution in [-0.4, -0.2) is 94.8 Å². The highest BCUT2D eigenvalue weighted by atomic mass is 19.3. The Morgan fingerprint density at radius 3 is 2.21 bits per heavy atom. The van der Waals surface area contributed by atoms with Crippen LogP contribution in [0.2, 0.25) is 0 Å². The number of hydrogen-bond acceptors (Lipinski definition) is 9. The predicted molar refractivity (Wildman–Crippen MR) is 135 cm³/mol. The first-order valence-corrected chi connectivity index (χ1v) is 12.4. The third-order valence-corrected chi connectivity index (χ3v) is 6.66. The molecule has 0 aliphatic carbocycles. The normalized spacial score (nSPS) is 17.3. The lowest BCUT2D eigenvalue weighted by molar-refractivity contribution is -0.134. The first-order valence-electron chi connectivity index (χ1n) is 12.4. The Hall–Kier alpha value is -3.91. The molecule has 3 aromatic rings. The van der Waals surface area contributed by atoms with Gasteiger partial charge in [0, 0.05) is 45.3 Å². The molecular weight excluding hydrogens is 500 g/mol. The fourth-order valence-corrected chi connectivity index (χ4v) is 4.72. The van der Waals surface area contributed by atoms with Gasteiger partial charge in [0.15, 0.2) is 5.82 Å². The molecule has 5 rings (SSSR count). The number of carbonyl (C=O) groups is 2. The minimum Gasteiger partial charge on any atom is -0.378 e. The number of halogens is 2. The van der Waals surface area contributed by atoms with Crippen molar-refractivity contribution >= 4 is 34.5 Å². The summed E-state index contributed by atoms with van der Waals surface area (Å²) in [5.74, 6) is -0.183. The van der Waals surface area contributed by atoms with Crippen molar-refractivity contribution in [2.45, 2.75) is 18.9 Å². The Labute approximate surface area is 217 Å². The Kier molecular flexibility index (Phi) is 7.33. The number of morpholine rings is 1. The maximum atomic E-state index is 14.1. The van der Waals surface area contributed by atoms with Crippen LogP contribution >= 0.6 is 0 Å². The van der Waals surface area contributed by atoms with E-state index in [0.29, 0.717) is 75.2 Å². The zero-order valence-electron chi connectivity index (χ0n) is 20.7. The maximum absolute atomic E-state index is 14.1. The van der Waals surface area contributed by atoms with Gasteiger partial charge in [0.05, 0.1) is 36.7 Å². The van der Waals surface area contributed by atoms with E-state index in [1.807, 2.05) is 15.9 Å². The molecular formula is C24H29F2N9O3. The molecule has 12 nitrogen and oxygen atoms in total. The van der Waals surface area contributed by atoms with E-state index in [2.05, 4.69) is 15.0 Å². The Morgan fingerprint density at radius 2 is 1.58 bits per heavy atom. The van der Waals surface area contributed by atoms with Gasteiger partial charge >= 0.3 is 0 Å². The molecule has 4 N–H and O–H groups in total. The van der Waals surface area contributed by atoms with Gasteiger partial charge in [0.25, 0.3) is 6.43 Å². The summed E-state index contributed by atoms with van der Waals surface area (Å²) in [6, 6.07) is 7.71. The number of ether oxygens (including phenoxy) is 1. The Morgan fingerprint density at radius 1 is 0.947 bits per heavy atom. The molecule has 2 aromatic heterocycles. The number of aromatic nitrogens is 4. The molecule has 0 radical (unpaired) electrons. The largest absolute Gasteiger partial charge is 0.378 e. The van der Waals surface area contributed by atoms with Crippen molar-refractivity contribution in [3.63, 3.8) is 0 Å². The van der Waals surface area contributed by atoms with E-state index in [1.54, 1.807) is 29.2 Å². The molecule has 2 saturated heterocycles. The summed E-state index contributed by atoms with van der Waals surface area (Å²) in [6.45, 7) is 3.82. The van der Waals surface area contributed by atoms with Crippen LogP contribution in [0.4, 0.5) is 20.4 Å². The van der Waals surface area contributed by atoms with Crippen molar-refractivity contribution in [3.05, 3.63) is 36.2 Å². The summed E-state index contributed by atoms with van der Waals surface area (Å²) in [7, 11) is 0. The Bertz CT molecular complexity index is 1320. The van der Waals surface area contributed by atoms with Crippen molar-refractivity contribution in [1.82, 2.24) is 24.4 Å².